The molecule has 2 rings (SSSR count). The molecule has 1 atom stereocenters. The number of Topliss-reactive ketones (excluding diaryl/α,β-unsaturated/α-hetero) is 1. The first-order valence-corrected chi connectivity index (χ1v) is 5.96. The van der Waals surface area contributed by atoms with Gasteiger partial charge in [0.1, 0.15) is 11.6 Å². The van der Waals surface area contributed by atoms with Crippen LogP contribution in [0.2, 0.25) is 0 Å². The zero-order chi connectivity index (χ0) is 14.2. The van der Waals surface area contributed by atoms with Crippen molar-refractivity contribution in [2.75, 3.05) is 0 Å². The van der Waals surface area contributed by atoms with Gasteiger partial charge in [-0.2, -0.15) is 0 Å². The standard InChI is InChI=1S/C14H15NO4/c1-14(2,3)19-13(18)15-10(11(16)12(15)17)9-7-5-4-6-8-9/h4-8,10H,1-3H3/t10-/m0/s1. The molecule has 19 heavy (non-hydrogen) atoms. The molecule has 1 heterocycles. The van der Waals surface area contributed by atoms with Gasteiger partial charge in [-0.15, -0.1) is 0 Å². The average molecular weight is 261 g/mol. The van der Waals surface area contributed by atoms with Gasteiger partial charge in [0.05, 0.1) is 0 Å². The van der Waals surface area contributed by atoms with E-state index >= 15 is 0 Å². The lowest BCUT2D eigenvalue weighted by Gasteiger charge is -2.37. The lowest BCUT2D eigenvalue weighted by Crippen LogP contribution is -2.59. The maximum absolute atomic E-state index is 11.9. The van der Waals surface area contributed by atoms with Crippen molar-refractivity contribution in [1.29, 1.82) is 0 Å². The number of hydrogen-bond acceptors (Lipinski definition) is 4. The quantitative estimate of drug-likeness (QED) is 0.573. The molecule has 1 aromatic carbocycles. The van der Waals surface area contributed by atoms with E-state index in [0.29, 0.717) is 5.56 Å². The van der Waals surface area contributed by atoms with Crippen LogP contribution in [0.5, 0.6) is 0 Å². The first-order valence-electron chi connectivity index (χ1n) is 5.96. The number of imide groups is 1. The summed E-state index contributed by atoms with van der Waals surface area (Å²) in [5.41, 5.74) is -0.102. The summed E-state index contributed by atoms with van der Waals surface area (Å²) in [6.07, 6.45) is -0.786. The summed E-state index contributed by atoms with van der Waals surface area (Å²) < 4.78 is 5.13. The Kier molecular flexibility index (Phi) is 3.14. The van der Waals surface area contributed by atoms with E-state index in [-0.39, 0.29) is 0 Å². The summed E-state index contributed by atoms with van der Waals surface area (Å²) in [4.78, 5) is 36.0. The highest BCUT2D eigenvalue weighted by Gasteiger charge is 2.52. The van der Waals surface area contributed by atoms with Crippen LogP contribution in [0.4, 0.5) is 4.79 Å². The van der Waals surface area contributed by atoms with Gasteiger partial charge in [0, 0.05) is 0 Å². The predicted octanol–water partition coefficient (Wildman–Crippen LogP) is 2.07. The van der Waals surface area contributed by atoms with E-state index in [4.69, 9.17) is 4.74 Å². The van der Waals surface area contributed by atoms with Crippen LogP contribution in [0.15, 0.2) is 30.3 Å². The van der Waals surface area contributed by atoms with Gasteiger partial charge in [-0.05, 0) is 26.3 Å². The molecule has 1 aliphatic rings. The third kappa shape index (κ3) is 2.50. The highest BCUT2D eigenvalue weighted by Crippen LogP contribution is 2.32. The van der Waals surface area contributed by atoms with Crippen LogP contribution in [0, 0.1) is 0 Å². The zero-order valence-corrected chi connectivity index (χ0v) is 11.0. The second-order valence-electron chi connectivity index (χ2n) is 5.33. The maximum atomic E-state index is 11.9. The van der Waals surface area contributed by atoms with Crippen molar-refractivity contribution >= 4 is 17.8 Å². The number of ether oxygens (including phenoxy) is 1. The van der Waals surface area contributed by atoms with Crippen molar-refractivity contribution < 1.29 is 19.1 Å². The molecule has 0 spiro atoms. The number of carbonyl (C=O) groups excluding carboxylic acids is 3. The van der Waals surface area contributed by atoms with Crippen molar-refractivity contribution in [2.24, 2.45) is 0 Å². The fourth-order valence-electron chi connectivity index (χ4n) is 1.84. The molecule has 1 saturated heterocycles. The lowest BCUT2D eigenvalue weighted by atomic mass is 9.93. The number of nitrogens with zero attached hydrogens (tertiary/aromatic N) is 1. The number of benzene rings is 1. The Balaban J connectivity index is 2.22. The summed E-state index contributed by atoms with van der Waals surface area (Å²) in [7, 11) is 0. The Hall–Kier alpha value is -2.17. The summed E-state index contributed by atoms with van der Waals surface area (Å²) in [5.74, 6) is -1.40. The SMILES string of the molecule is CC(C)(C)OC(=O)N1C(=O)C(=O)[C@@H]1c1ccccc1. The summed E-state index contributed by atoms with van der Waals surface area (Å²) in [6, 6.07) is 7.84. The number of carbonyl (C=O) groups is 3. The largest absolute Gasteiger partial charge is 0.443 e. The average Bonchev–Trinajstić information content (AvgIpc) is 2.33. The van der Waals surface area contributed by atoms with E-state index in [9.17, 15) is 14.4 Å². The number of β-lactam (4-membered cyclic amide) rings is 1. The molecule has 0 bridgehead atoms. The van der Waals surface area contributed by atoms with Crippen molar-refractivity contribution in [1.82, 2.24) is 4.90 Å². The molecule has 5 heteroatoms. The smallest absolute Gasteiger partial charge is 0.418 e. The van der Waals surface area contributed by atoms with E-state index in [1.54, 1.807) is 51.1 Å². The first kappa shape index (κ1) is 13.3. The molecular formula is C14H15NO4. The molecule has 0 N–H and O–H groups in total. The van der Waals surface area contributed by atoms with Crippen molar-refractivity contribution in [3.8, 4) is 0 Å². The molecule has 1 aliphatic heterocycles. The Labute approximate surface area is 111 Å². The number of rotatable bonds is 1. The number of amides is 2. The molecule has 0 radical (unpaired) electrons. The van der Waals surface area contributed by atoms with Gasteiger partial charge in [0.15, 0.2) is 0 Å². The van der Waals surface area contributed by atoms with E-state index in [0.717, 1.165) is 4.90 Å². The zero-order valence-electron chi connectivity index (χ0n) is 11.0. The van der Waals surface area contributed by atoms with E-state index in [1.165, 1.54) is 0 Å². The topological polar surface area (TPSA) is 63.7 Å². The monoisotopic (exact) mass is 261 g/mol. The van der Waals surface area contributed by atoms with Gasteiger partial charge in [-0.3, -0.25) is 9.59 Å². The molecule has 1 fully saturated rings. The molecule has 100 valence electrons. The van der Waals surface area contributed by atoms with Crippen LogP contribution in [0.25, 0.3) is 0 Å². The van der Waals surface area contributed by atoms with Gasteiger partial charge >= 0.3 is 12.0 Å². The Morgan fingerprint density at radius 2 is 1.74 bits per heavy atom. The lowest BCUT2D eigenvalue weighted by molar-refractivity contribution is -0.159. The molecule has 0 unspecified atom stereocenters. The van der Waals surface area contributed by atoms with Crippen LogP contribution < -0.4 is 0 Å². The van der Waals surface area contributed by atoms with Crippen molar-refractivity contribution in [3.05, 3.63) is 35.9 Å². The summed E-state index contributed by atoms with van der Waals surface area (Å²) in [5, 5.41) is 0. The van der Waals surface area contributed by atoms with Gasteiger partial charge < -0.3 is 4.74 Å². The fourth-order valence-corrected chi connectivity index (χ4v) is 1.84. The van der Waals surface area contributed by atoms with E-state index in [1.807, 2.05) is 0 Å². The molecule has 1 aromatic rings. The Morgan fingerprint density at radius 3 is 2.26 bits per heavy atom. The van der Waals surface area contributed by atoms with Gasteiger partial charge in [0.2, 0.25) is 5.78 Å². The third-order valence-corrected chi connectivity index (χ3v) is 2.64. The minimum atomic E-state index is -0.858. The van der Waals surface area contributed by atoms with Gasteiger partial charge in [0.25, 0.3) is 0 Å². The molecular weight excluding hydrogens is 246 g/mol. The number of hydrogen-bond donors (Lipinski definition) is 0. The summed E-state index contributed by atoms with van der Waals surface area (Å²) >= 11 is 0. The molecule has 0 saturated carbocycles. The predicted molar refractivity (Wildman–Crippen MR) is 67.3 cm³/mol. The van der Waals surface area contributed by atoms with Crippen LogP contribution >= 0.6 is 0 Å². The van der Waals surface area contributed by atoms with Gasteiger partial charge in [-0.25, -0.2) is 9.69 Å². The molecule has 0 aliphatic carbocycles. The first-order chi connectivity index (χ1) is 8.81. The molecule has 0 aromatic heterocycles. The number of likely N-dealkylation sites (tertiary alicyclic amines) is 1. The third-order valence-electron chi connectivity index (χ3n) is 2.64. The second kappa shape index (κ2) is 4.50. The van der Waals surface area contributed by atoms with E-state index < -0.39 is 29.4 Å². The Bertz CT molecular complexity index is 530. The maximum Gasteiger partial charge on any atom is 0.418 e. The van der Waals surface area contributed by atoms with Crippen LogP contribution in [-0.2, 0) is 14.3 Å². The second-order valence-corrected chi connectivity index (χ2v) is 5.33. The minimum Gasteiger partial charge on any atom is -0.443 e. The highest BCUT2D eigenvalue weighted by molar-refractivity contribution is 6.47. The van der Waals surface area contributed by atoms with E-state index in [2.05, 4.69) is 0 Å². The van der Waals surface area contributed by atoms with Crippen LogP contribution in [-0.4, -0.2) is 28.3 Å². The van der Waals surface area contributed by atoms with Crippen molar-refractivity contribution in [2.45, 2.75) is 32.4 Å². The number of ketones is 1. The van der Waals surface area contributed by atoms with Crippen LogP contribution in [0.1, 0.15) is 32.4 Å². The normalized spacial score (nSPS) is 19.1. The van der Waals surface area contributed by atoms with Gasteiger partial charge in [-0.1, -0.05) is 30.3 Å². The Morgan fingerprint density at radius 1 is 1.16 bits per heavy atom. The minimum absolute atomic E-state index is 0.586. The molecule has 5 nitrogen and oxygen atoms in total. The van der Waals surface area contributed by atoms with Crippen LogP contribution in [0.3, 0.4) is 0 Å². The highest BCUT2D eigenvalue weighted by atomic mass is 16.6. The molecule has 2 amide bonds. The summed E-state index contributed by atoms with van der Waals surface area (Å²) in [6.45, 7) is 5.11. The fraction of sp³-hybridized carbons (Fsp3) is 0.357. The van der Waals surface area contributed by atoms with Crippen molar-refractivity contribution in [3.63, 3.8) is 0 Å².